The lowest BCUT2D eigenvalue weighted by Crippen LogP contribution is -1.88. The molecular formula is C34H22N2S. The Kier molecular flexibility index (Phi) is 5.34. The molecule has 0 unspecified atom stereocenters. The molecule has 3 heterocycles. The zero-order valence-electron chi connectivity index (χ0n) is 20.0. The van der Waals surface area contributed by atoms with Crippen LogP contribution in [-0.2, 0) is 0 Å². The van der Waals surface area contributed by atoms with Crippen LogP contribution in [0, 0.1) is 0 Å². The van der Waals surface area contributed by atoms with E-state index in [4.69, 9.17) is 4.98 Å². The van der Waals surface area contributed by atoms with Gasteiger partial charge in [0.1, 0.15) is 0 Å². The second-order valence-corrected chi connectivity index (χ2v) is 10.1. The number of hydrogen-bond donors (Lipinski definition) is 0. The predicted molar refractivity (Wildman–Crippen MR) is 157 cm³/mol. The van der Waals surface area contributed by atoms with Crippen LogP contribution < -0.4 is 0 Å². The SMILES string of the molecule is c1ccc(-c2ccc(-c3ccc(-c4cccc5c4sc4c(-c6ccccc6)cccc45)cn3)cn2)cc1. The van der Waals surface area contributed by atoms with E-state index in [1.54, 1.807) is 0 Å². The highest BCUT2D eigenvalue weighted by molar-refractivity contribution is 7.26. The molecule has 37 heavy (non-hydrogen) atoms. The van der Waals surface area contributed by atoms with Crippen molar-refractivity contribution in [2.45, 2.75) is 0 Å². The Morgan fingerprint density at radius 2 is 0.892 bits per heavy atom. The van der Waals surface area contributed by atoms with E-state index >= 15 is 0 Å². The summed E-state index contributed by atoms with van der Waals surface area (Å²) >= 11 is 1.87. The molecule has 3 aromatic heterocycles. The summed E-state index contributed by atoms with van der Waals surface area (Å²) in [5, 5.41) is 2.59. The third kappa shape index (κ3) is 3.90. The van der Waals surface area contributed by atoms with Gasteiger partial charge in [-0.25, -0.2) is 0 Å². The maximum absolute atomic E-state index is 4.82. The number of thiophene rings is 1. The second-order valence-electron chi connectivity index (χ2n) is 9.06. The summed E-state index contributed by atoms with van der Waals surface area (Å²) in [5.41, 5.74) is 8.88. The lowest BCUT2D eigenvalue weighted by Gasteiger charge is -2.06. The number of fused-ring (bicyclic) bond motifs is 3. The smallest absolute Gasteiger partial charge is 0.0717 e. The zero-order chi connectivity index (χ0) is 24.6. The Bertz CT molecular complexity index is 1840. The van der Waals surface area contributed by atoms with Crippen molar-refractivity contribution in [3.8, 4) is 44.8 Å². The Morgan fingerprint density at radius 3 is 1.46 bits per heavy atom. The van der Waals surface area contributed by atoms with Crippen molar-refractivity contribution in [2.24, 2.45) is 0 Å². The fraction of sp³-hybridized carbons (Fsp3) is 0. The Labute approximate surface area is 219 Å². The molecule has 0 amide bonds. The lowest BCUT2D eigenvalue weighted by atomic mass is 10.0. The van der Waals surface area contributed by atoms with Crippen molar-refractivity contribution < 1.29 is 0 Å². The van der Waals surface area contributed by atoms with E-state index in [2.05, 4.69) is 108 Å². The third-order valence-electron chi connectivity index (χ3n) is 6.81. The molecule has 0 radical (unpaired) electrons. The van der Waals surface area contributed by atoms with Gasteiger partial charge in [-0.05, 0) is 29.3 Å². The van der Waals surface area contributed by atoms with Crippen molar-refractivity contribution in [2.75, 3.05) is 0 Å². The van der Waals surface area contributed by atoms with Crippen LogP contribution >= 0.6 is 11.3 Å². The first kappa shape index (κ1) is 21.7. The molecule has 0 saturated carbocycles. The molecule has 0 saturated heterocycles. The number of hydrogen-bond acceptors (Lipinski definition) is 3. The summed E-state index contributed by atoms with van der Waals surface area (Å²) in [7, 11) is 0. The van der Waals surface area contributed by atoms with E-state index in [1.807, 2.05) is 41.9 Å². The Hall–Kier alpha value is -4.60. The highest BCUT2D eigenvalue weighted by Crippen LogP contribution is 2.43. The molecule has 0 atom stereocenters. The summed E-state index contributed by atoms with van der Waals surface area (Å²) in [6.07, 6.45) is 3.89. The van der Waals surface area contributed by atoms with Gasteiger partial charge in [-0.1, -0.05) is 103 Å². The number of pyridine rings is 2. The van der Waals surface area contributed by atoms with E-state index < -0.39 is 0 Å². The van der Waals surface area contributed by atoms with Crippen LogP contribution in [0.2, 0.25) is 0 Å². The van der Waals surface area contributed by atoms with Gasteiger partial charge < -0.3 is 0 Å². The molecule has 4 aromatic carbocycles. The molecule has 7 rings (SSSR count). The normalized spacial score (nSPS) is 11.2. The predicted octanol–water partition coefficient (Wildman–Crippen LogP) is 9.51. The van der Waals surface area contributed by atoms with Crippen molar-refractivity contribution >= 4 is 31.5 Å². The van der Waals surface area contributed by atoms with Crippen molar-refractivity contribution in [3.63, 3.8) is 0 Å². The maximum Gasteiger partial charge on any atom is 0.0717 e. The first-order chi connectivity index (χ1) is 18.3. The number of rotatable bonds is 4. The van der Waals surface area contributed by atoms with Crippen LogP contribution in [0.4, 0.5) is 0 Å². The van der Waals surface area contributed by atoms with Crippen molar-refractivity contribution in [1.29, 1.82) is 0 Å². The van der Waals surface area contributed by atoms with Gasteiger partial charge >= 0.3 is 0 Å². The van der Waals surface area contributed by atoms with Gasteiger partial charge in [0.05, 0.1) is 11.4 Å². The maximum atomic E-state index is 4.82. The molecular weight excluding hydrogens is 468 g/mol. The Morgan fingerprint density at radius 1 is 0.378 bits per heavy atom. The third-order valence-corrected chi connectivity index (χ3v) is 8.10. The number of benzene rings is 4. The fourth-order valence-corrected chi connectivity index (χ4v) is 6.31. The van der Waals surface area contributed by atoms with Crippen LogP contribution in [-0.4, -0.2) is 9.97 Å². The Balaban J connectivity index is 1.27. The van der Waals surface area contributed by atoms with Gasteiger partial charge in [0.15, 0.2) is 0 Å². The van der Waals surface area contributed by atoms with E-state index in [-0.39, 0.29) is 0 Å². The monoisotopic (exact) mass is 490 g/mol. The second kappa shape index (κ2) is 9.12. The van der Waals surface area contributed by atoms with E-state index in [1.165, 1.54) is 36.9 Å². The van der Waals surface area contributed by atoms with Crippen LogP contribution in [0.15, 0.2) is 134 Å². The molecule has 0 aliphatic heterocycles. The van der Waals surface area contributed by atoms with E-state index in [9.17, 15) is 0 Å². The lowest BCUT2D eigenvalue weighted by molar-refractivity contribution is 1.28. The molecule has 0 aliphatic rings. The minimum absolute atomic E-state index is 0.922. The van der Waals surface area contributed by atoms with Gasteiger partial charge in [0.2, 0.25) is 0 Å². The fourth-order valence-electron chi connectivity index (χ4n) is 4.94. The standard InChI is InChI=1S/C34H22N2S/c1-3-9-23(10-4-1)27-13-7-15-29-30-16-8-14-28(34(30)37-33(27)29)25-17-19-32(35-21-25)26-18-20-31(36-22-26)24-11-5-2-6-12-24/h1-22H. The average molecular weight is 491 g/mol. The van der Waals surface area contributed by atoms with Crippen LogP contribution in [0.25, 0.3) is 64.9 Å². The van der Waals surface area contributed by atoms with Crippen LogP contribution in [0.3, 0.4) is 0 Å². The molecule has 0 N–H and O–H groups in total. The molecule has 3 heteroatoms. The molecule has 0 aliphatic carbocycles. The van der Waals surface area contributed by atoms with Gasteiger partial charge in [0, 0.05) is 54.8 Å². The highest BCUT2D eigenvalue weighted by atomic mass is 32.1. The molecule has 7 aromatic rings. The van der Waals surface area contributed by atoms with Gasteiger partial charge in [-0.2, -0.15) is 0 Å². The molecule has 0 spiro atoms. The molecule has 2 nitrogen and oxygen atoms in total. The quantitative estimate of drug-likeness (QED) is 0.245. The van der Waals surface area contributed by atoms with Crippen LogP contribution in [0.5, 0.6) is 0 Å². The van der Waals surface area contributed by atoms with Crippen LogP contribution in [0.1, 0.15) is 0 Å². The zero-order valence-corrected chi connectivity index (χ0v) is 20.8. The number of nitrogens with zero attached hydrogens (tertiary/aromatic N) is 2. The first-order valence-electron chi connectivity index (χ1n) is 12.3. The molecule has 174 valence electrons. The summed E-state index contributed by atoms with van der Waals surface area (Å²) in [6, 6.07) is 42.5. The van der Waals surface area contributed by atoms with E-state index in [0.29, 0.717) is 0 Å². The minimum Gasteiger partial charge on any atom is -0.256 e. The molecule has 0 fully saturated rings. The van der Waals surface area contributed by atoms with Crippen molar-refractivity contribution in [1.82, 2.24) is 9.97 Å². The highest BCUT2D eigenvalue weighted by Gasteiger charge is 2.14. The van der Waals surface area contributed by atoms with Gasteiger partial charge in [-0.15, -0.1) is 11.3 Å². The largest absolute Gasteiger partial charge is 0.256 e. The summed E-state index contributed by atoms with van der Waals surface area (Å²) < 4.78 is 2.62. The van der Waals surface area contributed by atoms with Gasteiger partial charge in [-0.3, -0.25) is 9.97 Å². The summed E-state index contributed by atoms with van der Waals surface area (Å²) in [4.78, 5) is 9.48. The minimum atomic E-state index is 0.922. The van der Waals surface area contributed by atoms with E-state index in [0.717, 1.165) is 28.1 Å². The average Bonchev–Trinajstić information content (AvgIpc) is 3.37. The topological polar surface area (TPSA) is 25.8 Å². The molecule has 0 bridgehead atoms. The van der Waals surface area contributed by atoms with Gasteiger partial charge in [0.25, 0.3) is 0 Å². The summed E-state index contributed by atoms with van der Waals surface area (Å²) in [5.74, 6) is 0. The number of aromatic nitrogens is 2. The first-order valence-corrected chi connectivity index (χ1v) is 13.1. The van der Waals surface area contributed by atoms with Crippen molar-refractivity contribution in [3.05, 3.63) is 134 Å². The summed E-state index contributed by atoms with van der Waals surface area (Å²) in [6.45, 7) is 0.